The van der Waals surface area contributed by atoms with Gasteiger partial charge in [-0.2, -0.15) is 0 Å². The zero-order valence-electron chi connectivity index (χ0n) is 14.7. The van der Waals surface area contributed by atoms with Gasteiger partial charge in [-0.05, 0) is 42.8 Å². The lowest BCUT2D eigenvalue weighted by atomic mass is 10.1. The molecule has 0 fully saturated rings. The van der Waals surface area contributed by atoms with Crippen LogP contribution in [0.15, 0.2) is 58.0 Å². The summed E-state index contributed by atoms with van der Waals surface area (Å²) in [5.41, 5.74) is 1.11. The van der Waals surface area contributed by atoms with Gasteiger partial charge in [-0.3, -0.25) is 4.72 Å². The summed E-state index contributed by atoms with van der Waals surface area (Å²) in [6, 6.07) is 9.17. The van der Waals surface area contributed by atoms with Crippen LogP contribution in [0.1, 0.15) is 11.5 Å². The first-order valence-corrected chi connectivity index (χ1v) is 9.44. The van der Waals surface area contributed by atoms with Gasteiger partial charge in [0.2, 0.25) is 0 Å². The molecule has 148 valence electrons. The number of hydrogen-bond acceptors (Lipinski definition) is 5. The van der Waals surface area contributed by atoms with E-state index in [2.05, 4.69) is 14.4 Å². The molecule has 1 N–H and O–H groups in total. The first-order valence-electron chi connectivity index (χ1n) is 7.95. The molecule has 0 aliphatic rings. The molecule has 0 aliphatic heterocycles. The van der Waals surface area contributed by atoms with Crippen molar-refractivity contribution >= 4 is 15.7 Å². The Morgan fingerprint density at radius 3 is 2.32 bits per heavy atom. The predicted octanol–water partition coefficient (Wildman–Crippen LogP) is 4.66. The molecule has 0 bridgehead atoms. The number of anilines is 1. The van der Waals surface area contributed by atoms with Crippen molar-refractivity contribution in [1.29, 1.82) is 0 Å². The number of rotatable bonds is 5. The van der Waals surface area contributed by atoms with Gasteiger partial charge in [-0.1, -0.05) is 12.1 Å². The molecule has 0 spiro atoms. The van der Waals surface area contributed by atoms with Crippen molar-refractivity contribution in [2.75, 3.05) is 4.72 Å². The SMILES string of the molecule is Cc1ncc(-c2ccc(C)c(S(=O)(=O)Nc3ccc(OC(F)(F)F)cc3)c2)o1. The zero-order chi connectivity index (χ0) is 20.5. The Hall–Kier alpha value is -3.01. The monoisotopic (exact) mass is 412 g/mol. The van der Waals surface area contributed by atoms with E-state index in [0.717, 1.165) is 12.1 Å². The first-order chi connectivity index (χ1) is 13.0. The van der Waals surface area contributed by atoms with Crippen molar-refractivity contribution in [3.8, 4) is 17.1 Å². The van der Waals surface area contributed by atoms with Gasteiger partial charge in [0.1, 0.15) is 5.75 Å². The van der Waals surface area contributed by atoms with Crippen molar-refractivity contribution < 1.29 is 30.7 Å². The highest BCUT2D eigenvalue weighted by Gasteiger charge is 2.31. The van der Waals surface area contributed by atoms with E-state index in [4.69, 9.17) is 4.42 Å². The van der Waals surface area contributed by atoms with Crippen LogP contribution in [0.25, 0.3) is 11.3 Å². The van der Waals surface area contributed by atoms with E-state index in [1.54, 1.807) is 26.0 Å². The molecule has 3 aromatic rings. The summed E-state index contributed by atoms with van der Waals surface area (Å²) in [5, 5.41) is 0. The molecule has 2 aromatic carbocycles. The minimum atomic E-state index is -4.82. The molecule has 0 atom stereocenters. The van der Waals surface area contributed by atoms with Crippen LogP contribution >= 0.6 is 0 Å². The molecule has 3 rings (SSSR count). The predicted molar refractivity (Wildman–Crippen MR) is 95.3 cm³/mol. The number of aromatic nitrogens is 1. The third-order valence-electron chi connectivity index (χ3n) is 3.72. The van der Waals surface area contributed by atoms with Gasteiger partial charge >= 0.3 is 6.36 Å². The van der Waals surface area contributed by atoms with Crippen LogP contribution in [0.5, 0.6) is 5.75 Å². The van der Waals surface area contributed by atoms with Crippen LogP contribution < -0.4 is 9.46 Å². The average Bonchev–Trinajstić information content (AvgIpc) is 3.02. The van der Waals surface area contributed by atoms with Gasteiger partial charge in [-0.25, -0.2) is 13.4 Å². The number of nitrogens with one attached hydrogen (secondary N) is 1. The summed E-state index contributed by atoms with van der Waals surface area (Å²) in [6.07, 6.45) is -3.33. The zero-order valence-corrected chi connectivity index (χ0v) is 15.6. The number of oxazole rings is 1. The van der Waals surface area contributed by atoms with Crippen LogP contribution in [0.3, 0.4) is 0 Å². The smallest absolute Gasteiger partial charge is 0.441 e. The maximum atomic E-state index is 12.8. The number of sulfonamides is 1. The first kappa shape index (κ1) is 19.7. The van der Waals surface area contributed by atoms with Crippen LogP contribution in [-0.2, 0) is 10.0 Å². The van der Waals surface area contributed by atoms with Crippen molar-refractivity contribution in [1.82, 2.24) is 4.98 Å². The molecule has 6 nitrogen and oxygen atoms in total. The molecule has 0 saturated carbocycles. The molecule has 0 amide bonds. The molecule has 1 heterocycles. The minimum absolute atomic E-state index is 0.00895. The highest BCUT2D eigenvalue weighted by atomic mass is 32.2. The lowest BCUT2D eigenvalue weighted by Gasteiger charge is -2.13. The topological polar surface area (TPSA) is 81.4 Å². The molecule has 28 heavy (non-hydrogen) atoms. The Bertz CT molecular complexity index is 1090. The highest BCUT2D eigenvalue weighted by Crippen LogP contribution is 2.28. The fourth-order valence-corrected chi connectivity index (χ4v) is 3.80. The quantitative estimate of drug-likeness (QED) is 0.659. The molecule has 1 aromatic heterocycles. The van der Waals surface area contributed by atoms with E-state index in [-0.39, 0.29) is 10.6 Å². The Balaban J connectivity index is 1.86. The van der Waals surface area contributed by atoms with Crippen LogP contribution in [0, 0.1) is 13.8 Å². The third-order valence-corrected chi connectivity index (χ3v) is 5.25. The summed E-state index contributed by atoms with van der Waals surface area (Å²) in [6.45, 7) is 3.30. The van der Waals surface area contributed by atoms with Gasteiger partial charge in [0.05, 0.1) is 11.1 Å². The standard InChI is InChI=1S/C18H15F3N2O4S/c1-11-3-4-13(16-10-22-12(2)26-16)9-17(11)28(24,25)23-14-5-7-15(8-6-14)27-18(19,20)21/h3-10,23H,1-2H3. The molecular weight excluding hydrogens is 397 g/mol. The lowest BCUT2D eigenvalue weighted by molar-refractivity contribution is -0.274. The number of alkyl halides is 3. The normalized spacial score (nSPS) is 12.0. The summed E-state index contributed by atoms with van der Waals surface area (Å²) >= 11 is 0. The number of benzene rings is 2. The van der Waals surface area contributed by atoms with E-state index < -0.39 is 22.1 Å². The summed E-state index contributed by atoms with van der Waals surface area (Å²) in [7, 11) is -3.99. The largest absolute Gasteiger partial charge is 0.573 e. The second kappa shape index (κ2) is 7.19. The van der Waals surface area contributed by atoms with Crippen LogP contribution in [0.4, 0.5) is 18.9 Å². The number of hydrogen-bond donors (Lipinski definition) is 1. The fraction of sp³-hybridized carbons (Fsp3) is 0.167. The summed E-state index contributed by atoms with van der Waals surface area (Å²) in [5.74, 6) is 0.413. The average molecular weight is 412 g/mol. The van der Waals surface area contributed by atoms with Gasteiger partial charge in [-0.15, -0.1) is 13.2 Å². The van der Waals surface area contributed by atoms with E-state index in [0.29, 0.717) is 22.8 Å². The van der Waals surface area contributed by atoms with E-state index in [1.807, 2.05) is 0 Å². The van der Waals surface area contributed by atoms with Crippen LogP contribution in [0.2, 0.25) is 0 Å². The van der Waals surface area contributed by atoms with Crippen LogP contribution in [-0.4, -0.2) is 19.8 Å². The minimum Gasteiger partial charge on any atom is -0.441 e. The van der Waals surface area contributed by atoms with Crippen molar-refractivity contribution in [2.24, 2.45) is 0 Å². The van der Waals surface area contributed by atoms with Gasteiger partial charge in [0.15, 0.2) is 11.7 Å². The molecule has 0 radical (unpaired) electrons. The molecule has 0 saturated heterocycles. The number of halogens is 3. The van der Waals surface area contributed by atoms with Gasteiger partial charge in [0, 0.05) is 18.2 Å². The lowest BCUT2D eigenvalue weighted by Crippen LogP contribution is -2.17. The Labute approximate surface area is 159 Å². The number of nitrogens with zero attached hydrogens (tertiary/aromatic N) is 1. The number of ether oxygens (including phenoxy) is 1. The molecule has 0 unspecified atom stereocenters. The van der Waals surface area contributed by atoms with Gasteiger partial charge < -0.3 is 9.15 Å². The Morgan fingerprint density at radius 1 is 1.07 bits per heavy atom. The van der Waals surface area contributed by atoms with E-state index in [1.165, 1.54) is 24.4 Å². The maximum Gasteiger partial charge on any atom is 0.573 e. The second-order valence-corrected chi connectivity index (χ2v) is 7.55. The van der Waals surface area contributed by atoms with E-state index in [9.17, 15) is 21.6 Å². The van der Waals surface area contributed by atoms with Crippen molar-refractivity contribution in [3.63, 3.8) is 0 Å². The van der Waals surface area contributed by atoms with Crippen molar-refractivity contribution in [2.45, 2.75) is 25.1 Å². The summed E-state index contributed by atoms with van der Waals surface area (Å²) in [4.78, 5) is 3.99. The highest BCUT2D eigenvalue weighted by molar-refractivity contribution is 7.92. The Kier molecular flexibility index (Phi) is 5.07. The fourth-order valence-electron chi connectivity index (χ4n) is 2.47. The molecule has 0 aliphatic carbocycles. The molecular formula is C18H15F3N2O4S. The number of aryl methyl sites for hydroxylation is 2. The van der Waals surface area contributed by atoms with E-state index >= 15 is 0 Å². The third kappa shape index (κ3) is 4.63. The van der Waals surface area contributed by atoms with Gasteiger partial charge in [0.25, 0.3) is 10.0 Å². The van der Waals surface area contributed by atoms with Crippen molar-refractivity contribution in [3.05, 3.63) is 60.1 Å². The molecule has 10 heteroatoms. The second-order valence-electron chi connectivity index (χ2n) is 5.90. The summed E-state index contributed by atoms with van der Waals surface area (Å²) < 4.78 is 73.7. The maximum absolute atomic E-state index is 12.8. The Morgan fingerprint density at radius 2 is 1.75 bits per heavy atom.